The van der Waals surface area contributed by atoms with Crippen molar-refractivity contribution in [2.45, 2.75) is 65.8 Å². The van der Waals surface area contributed by atoms with Gasteiger partial charge in [0.15, 0.2) is 0 Å². The maximum atomic E-state index is 13.4. The van der Waals surface area contributed by atoms with Gasteiger partial charge in [0.2, 0.25) is 0 Å². The van der Waals surface area contributed by atoms with Crippen LogP contribution in [0.4, 0.5) is 4.39 Å². The first-order valence-electron chi connectivity index (χ1n) is 7.05. The standard InChI is InChI=1S/C17H28FN/c1-12-10-14(18)11-13(2)15(12)17(6,7)8-9-19-16(3,4)5/h10-11,19H,8-9H2,1-7H3. The van der Waals surface area contributed by atoms with Crippen LogP contribution in [0.2, 0.25) is 0 Å². The van der Waals surface area contributed by atoms with Crippen LogP contribution in [0.3, 0.4) is 0 Å². The first-order chi connectivity index (χ1) is 8.53. The quantitative estimate of drug-likeness (QED) is 0.845. The number of halogens is 1. The lowest BCUT2D eigenvalue weighted by Crippen LogP contribution is -2.38. The lowest BCUT2D eigenvalue weighted by Gasteiger charge is -2.31. The van der Waals surface area contributed by atoms with E-state index in [4.69, 9.17) is 0 Å². The van der Waals surface area contributed by atoms with E-state index in [1.807, 2.05) is 13.8 Å². The third kappa shape index (κ3) is 4.61. The van der Waals surface area contributed by atoms with Gasteiger partial charge in [-0.3, -0.25) is 0 Å². The molecule has 1 N–H and O–H groups in total. The van der Waals surface area contributed by atoms with Gasteiger partial charge in [-0.2, -0.15) is 0 Å². The zero-order valence-corrected chi connectivity index (χ0v) is 13.4. The lowest BCUT2D eigenvalue weighted by molar-refractivity contribution is 0.378. The highest BCUT2D eigenvalue weighted by Crippen LogP contribution is 2.32. The van der Waals surface area contributed by atoms with Gasteiger partial charge in [0.25, 0.3) is 0 Å². The molecule has 0 atom stereocenters. The van der Waals surface area contributed by atoms with E-state index in [-0.39, 0.29) is 16.8 Å². The summed E-state index contributed by atoms with van der Waals surface area (Å²) in [6.07, 6.45) is 1.04. The van der Waals surface area contributed by atoms with Crippen LogP contribution in [0.1, 0.15) is 57.7 Å². The van der Waals surface area contributed by atoms with Crippen LogP contribution in [0, 0.1) is 19.7 Å². The number of aryl methyl sites for hydroxylation is 2. The molecule has 0 saturated carbocycles. The number of nitrogens with one attached hydrogen (secondary N) is 1. The van der Waals surface area contributed by atoms with E-state index >= 15 is 0 Å². The van der Waals surface area contributed by atoms with Crippen LogP contribution >= 0.6 is 0 Å². The predicted octanol–water partition coefficient (Wildman–Crippen LogP) is 4.50. The van der Waals surface area contributed by atoms with Crippen molar-refractivity contribution in [3.8, 4) is 0 Å². The molecular formula is C17H28FN. The van der Waals surface area contributed by atoms with E-state index in [2.05, 4.69) is 39.9 Å². The monoisotopic (exact) mass is 265 g/mol. The second-order valence-electron chi connectivity index (χ2n) is 7.23. The molecule has 0 aliphatic carbocycles. The largest absolute Gasteiger partial charge is 0.312 e. The third-order valence-corrected chi connectivity index (χ3v) is 3.58. The number of benzene rings is 1. The van der Waals surface area contributed by atoms with Gasteiger partial charge in [-0.25, -0.2) is 4.39 Å². The van der Waals surface area contributed by atoms with Gasteiger partial charge >= 0.3 is 0 Å². The Hall–Kier alpha value is -0.890. The zero-order chi connectivity index (χ0) is 14.8. The topological polar surface area (TPSA) is 12.0 Å². The van der Waals surface area contributed by atoms with E-state index in [1.165, 1.54) is 5.56 Å². The van der Waals surface area contributed by atoms with Gasteiger partial charge < -0.3 is 5.32 Å². The molecule has 0 radical (unpaired) electrons. The van der Waals surface area contributed by atoms with Crippen LogP contribution < -0.4 is 5.32 Å². The average molecular weight is 265 g/mol. The SMILES string of the molecule is Cc1cc(F)cc(C)c1C(C)(C)CCNC(C)(C)C. The fraction of sp³-hybridized carbons (Fsp3) is 0.647. The third-order valence-electron chi connectivity index (χ3n) is 3.58. The molecular weight excluding hydrogens is 237 g/mol. The Morgan fingerprint density at radius 1 is 1.00 bits per heavy atom. The van der Waals surface area contributed by atoms with Gasteiger partial charge in [0.05, 0.1) is 0 Å². The highest BCUT2D eigenvalue weighted by Gasteiger charge is 2.25. The lowest BCUT2D eigenvalue weighted by atomic mass is 9.77. The van der Waals surface area contributed by atoms with Gasteiger partial charge in [-0.15, -0.1) is 0 Å². The highest BCUT2D eigenvalue weighted by atomic mass is 19.1. The molecule has 0 unspecified atom stereocenters. The highest BCUT2D eigenvalue weighted by molar-refractivity contribution is 5.39. The van der Waals surface area contributed by atoms with Gasteiger partial charge in [0.1, 0.15) is 5.82 Å². The molecule has 1 rings (SSSR count). The first kappa shape index (κ1) is 16.2. The first-order valence-corrected chi connectivity index (χ1v) is 7.05. The minimum atomic E-state index is -0.137. The summed E-state index contributed by atoms with van der Waals surface area (Å²) in [6, 6.07) is 3.28. The summed E-state index contributed by atoms with van der Waals surface area (Å²) < 4.78 is 13.4. The van der Waals surface area contributed by atoms with E-state index < -0.39 is 0 Å². The van der Waals surface area contributed by atoms with E-state index in [0.717, 1.165) is 24.1 Å². The Labute approximate surface area is 117 Å². The molecule has 0 fully saturated rings. The van der Waals surface area contributed by atoms with Crippen molar-refractivity contribution in [3.63, 3.8) is 0 Å². The summed E-state index contributed by atoms with van der Waals surface area (Å²) in [5, 5.41) is 3.52. The molecule has 1 nitrogen and oxygen atoms in total. The molecule has 0 heterocycles. The maximum absolute atomic E-state index is 13.4. The molecule has 108 valence electrons. The van der Waals surface area contributed by atoms with Crippen molar-refractivity contribution in [3.05, 3.63) is 34.6 Å². The molecule has 0 aliphatic heterocycles. The summed E-state index contributed by atoms with van der Waals surface area (Å²) in [5.74, 6) is -0.137. The number of rotatable bonds is 4. The van der Waals surface area contributed by atoms with Crippen molar-refractivity contribution in [2.75, 3.05) is 6.54 Å². The van der Waals surface area contributed by atoms with Crippen molar-refractivity contribution < 1.29 is 4.39 Å². The Kier molecular flexibility index (Phi) is 4.78. The zero-order valence-electron chi connectivity index (χ0n) is 13.4. The van der Waals surface area contributed by atoms with Crippen molar-refractivity contribution >= 4 is 0 Å². The number of hydrogen-bond acceptors (Lipinski definition) is 1. The minimum absolute atomic E-state index is 0.0557. The molecule has 1 aromatic rings. The molecule has 0 aliphatic rings. The number of hydrogen-bond donors (Lipinski definition) is 1. The van der Waals surface area contributed by atoms with Crippen molar-refractivity contribution in [2.24, 2.45) is 0 Å². The molecule has 19 heavy (non-hydrogen) atoms. The van der Waals surface area contributed by atoms with E-state index in [9.17, 15) is 4.39 Å². The maximum Gasteiger partial charge on any atom is 0.123 e. The van der Waals surface area contributed by atoms with Crippen molar-refractivity contribution in [1.82, 2.24) is 5.32 Å². The van der Waals surface area contributed by atoms with Crippen LogP contribution in [0.5, 0.6) is 0 Å². The minimum Gasteiger partial charge on any atom is -0.312 e. The molecule has 0 aromatic heterocycles. The molecule has 0 bridgehead atoms. The summed E-state index contributed by atoms with van der Waals surface area (Å²) in [7, 11) is 0. The average Bonchev–Trinajstić information content (AvgIpc) is 2.11. The molecule has 2 heteroatoms. The summed E-state index contributed by atoms with van der Waals surface area (Å²) >= 11 is 0. The van der Waals surface area contributed by atoms with Gasteiger partial charge in [-0.05, 0) is 81.8 Å². The summed E-state index contributed by atoms with van der Waals surface area (Å²) in [5.41, 5.74) is 3.59. The van der Waals surface area contributed by atoms with Crippen LogP contribution in [0.25, 0.3) is 0 Å². The van der Waals surface area contributed by atoms with Crippen LogP contribution in [0.15, 0.2) is 12.1 Å². The Balaban J connectivity index is 2.88. The smallest absolute Gasteiger partial charge is 0.123 e. The molecule has 0 amide bonds. The predicted molar refractivity (Wildman–Crippen MR) is 81.3 cm³/mol. The Bertz CT molecular complexity index is 418. The fourth-order valence-corrected chi connectivity index (χ4v) is 2.85. The summed E-state index contributed by atoms with van der Waals surface area (Å²) in [4.78, 5) is 0. The van der Waals surface area contributed by atoms with Gasteiger partial charge in [-0.1, -0.05) is 13.8 Å². The molecule has 1 aromatic carbocycles. The normalized spacial score (nSPS) is 12.8. The Morgan fingerprint density at radius 2 is 1.47 bits per heavy atom. The summed E-state index contributed by atoms with van der Waals surface area (Å²) in [6.45, 7) is 16.0. The second kappa shape index (κ2) is 5.62. The molecule has 0 spiro atoms. The molecule has 0 saturated heterocycles. The van der Waals surface area contributed by atoms with Crippen LogP contribution in [-0.4, -0.2) is 12.1 Å². The van der Waals surface area contributed by atoms with E-state index in [0.29, 0.717) is 0 Å². The van der Waals surface area contributed by atoms with Crippen LogP contribution in [-0.2, 0) is 5.41 Å². The van der Waals surface area contributed by atoms with E-state index in [1.54, 1.807) is 12.1 Å². The van der Waals surface area contributed by atoms with Crippen molar-refractivity contribution in [1.29, 1.82) is 0 Å². The fourth-order valence-electron chi connectivity index (χ4n) is 2.85. The van der Waals surface area contributed by atoms with Gasteiger partial charge in [0, 0.05) is 5.54 Å². The Morgan fingerprint density at radius 3 is 1.89 bits per heavy atom. The second-order valence-corrected chi connectivity index (χ2v) is 7.23.